The van der Waals surface area contributed by atoms with E-state index in [1.807, 2.05) is 16.9 Å². The molecule has 0 bridgehead atoms. The smallest absolute Gasteiger partial charge is 0.137 e. The Kier molecular flexibility index (Phi) is 3.83. The largest absolute Gasteiger partial charge is 0.293 e. The Labute approximate surface area is 113 Å². The second-order valence-electron chi connectivity index (χ2n) is 5.06. The molecule has 0 aliphatic carbocycles. The molecule has 0 N–H and O–H groups in total. The summed E-state index contributed by atoms with van der Waals surface area (Å²) in [6.45, 7) is 3.00. The molecule has 0 saturated carbocycles. The van der Waals surface area contributed by atoms with Crippen LogP contribution in [-0.4, -0.2) is 37.2 Å². The fourth-order valence-electron chi connectivity index (χ4n) is 2.72. The van der Waals surface area contributed by atoms with Gasteiger partial charge in [-0.3, -0.25) is 14.6 Å². The average Bonchev–Trinajstić information content (AvgIpc) is 2.95. The van der Waals surface area contributed by atoms with Crippen LogP contribution in [0.3, 0.4) is 0 Å². The number of rotatable bonds is 4. The van der Waals surface area contributed by atoms with E-state index in [-0.39, 0.29) is 0 Å². The molecular weight excluding hydrogens is 238 g/mol. The molecule has 1 saturated heterocycles. The van der Waals surface area contributed by atoms with Gasteiger partial charge in [0, 0.05) is 18.8 Å². The summed E-state index contributed by atoms with van der Waals surface area (Å²) in [4.78, 5) is 11.0. The lowest BCUT2D eigenvalue weighted by Crippen LogP contribution is -2.41. The van der Waals surface area contributed by atoms with Gasteiger partial charge in [-0.1, -0.05) is 12.5 Å². The van der Waals surface area contributed by atoms with E-state index in [0.717, 1.165) is 25.3 Å². The molecule has 0 radical (unpaired) electrons. The number of hydrogen-bond acceptors (Lipinski definition) is 4. The summed E-state index contributed by atoms with van der Waals surface area (Å²) in [5.41, 5.74) is 1.15. The molecule has 0 unspecified atom stereocenters. The highest BCUT2D eigenvalue weighted by molar-refractivity contribution is 5.03. The van der Waals surface area contributed by atoms with Crippen LogP contribution in [0.2, 0.25) is 0 Å². The molecule has 1 aliphatic rings. The first-order valence-corrected chi connectivity index (χ1v) is 6.88. The van der Waals surface area contributed by atoms with Crippen molar-refractivity contribution in [3.05, 3.63) is 42.7 Å². The Balaban J connectivity index is 1.67. The number of pyridine rings is 1. The van der Waals surface area contributed by atoms with Crippen LogP contribution in [0, 0.1) is 0 Å². The highest BCUT2D eigenvalue weighted by Crippen LogP contribution is 2.20. The molecule has 5 nitrogen and oxygen atoms in total. The first kappa shape index (κ1) is 12.3. The van der Waals surface area contributed by atoms with Crippen molar-refractivity contribution < 1.29 is 0 Å². The minimum atomic E-state index is 0.539. The SMILES string of the molecule is c1ccc(CN2CCCC[C@@H]2Cn2cncn2)nc1. The zero-order valence-corrected chi connectivity index (χ0v) is 11.0. The molecule has 1 fully saturated rings. The van der Waals surface area contributed by atoms with E-state index in [2.05, 4.69) is 32.1 Å². The third kappa shape index (κ3) is 3.17. The van der Waals surface area contributed by atoms with Crippen LogP contribution >= 0.6 is 0 Å². The summed E-state index contributed by atoms with van der Waals surface area (Å²) in [5, 5.41) is 4.22. The van der Waals surface area contributed by atoms with Crippen LogP contribution in [0.1, 0.15) is 25.0 Å². The highest BCUT2D eigenvalue weighted by atomic mass is 15.3. The molecule has 3 rings (SSSR count). The average molecular weight is 257 g/mol. The molecule has 5 heteroatoms. The van der Waals surface area contributed by atoms with Crippen molar-refractivity contribution in [3.63, 3.8) is 0 Å². The normalized spacial score (nSPS) is 20.5. The number of likely N-dealkylation sites (tertiary alicyclic amines) is 1. The standard InChI is InChI=1S/C14H19N5/c1-3-7-16-13(5-1)9-18-8-4-2-6-14(18)10-19-12-15-11-17-19/h1,3,5,7,11-12,14H,2,4,6,8-10H2/t14-/m1/s1. The van der Waals surface area contributed by atoms with Crippen molar-refractivity contribution in [2.24, 2.45) is 0 Å². The molecule has 0 spiro atoms. The topological polar surface area (TPSA) is 46.8 Å². The van der Waals surface area contributed by atoms with Gasteiger partial charge in [-0.05, 0) is 31.5 Å². The van der Waals surface area contributed by atoms with Crippen molar-refractivity contribution in [1.29, 1.82) is 0 Å². The van der Waals surface area contributed by atoms with Gasteiger partial charge in [-0.15, -0.1) is 0 Å². The van der Waals surface area contributed by atoms with E-state index in [1.165, 1.54) is 19.3 Å². The molecule has 1 atom stereocenters. The van der Waals surface area contributed by atoms with Crippen LogP contribution < -0.4 is 0 Å². The molecule has 2 aromatic heterocycles. The van der Waals surface area contributed by atoms with Crippen molar-refractivity contribution in [3.8, 4) is 0 Å². The first-order valence-electron chi connectivity index (χ1n) is 6.88. The minimum Gasteiger partial charge on any atom is -0.293 e. The van der Waals surface area contributed by atoms with Gasteiger partial charge in [-0.25, -0.2) is 4.98 Å². The Morgan fingerprint density at radius 3 is 3.05 bits per heavy atom. The fourth-order valence-corrected chi connectivity index (χ4v) is 2.72. The predicted octanol–water partition coefficient (Wildman–Crippen LogP) is 1.73. The molecule has 1 aliphatic heterocycles. The third-order valence-corrected chi connectivity index (χ3v) is 3.70. The first-order chi connectivity index (χ1) is 9.42. The second kappa shape index (κ2) is 5.93. The zero-order chi connectivity index (χ0) is 12.9. The molecule has 0 aromatic carbocycles. The van der Waals surface area contributed by atoms with Crippen molar-refractivity contribution in [2.75, 3.05) is 6.54 Å². The number of aromatic nitrogens is 4. The quantitative estimate of drug-likeness (QED) is 0.837. The van der Waals surface area contributed by atoms with E-state index < -0.39 is 0 Å². The van der Waals surface area contributed by atoms with Crippen molar-refractivity contribution in [1.82, 2.24) is 24.6 Å². The van der Waals surface area contributed by atoms with Gasteiger partial charge in [0.2, 0.25) is 0 Å². The molecule has 3 heterocycles. The van der Waals surface area contributed by atoms with Gasteiger partial charge in [0.15, 0.2) is 0 Å². The molecule has 0 amide bonds. The van der Waals surface area contributed by atoms with Crippen molar-refractivity contribution >= 4 is 0 Å². The van der Waals surface area contributed by atoms with E-state index in [9.17, 15) is 0 Å². The molecule has 2 aromatic rings. The van der Waals surface area contributed by atoms with E-state index in [1.54, 1.807) is 12.7 Å². The van der Waals surface area contributed by atoms with E-state index in [0.29, 0.717) is 6.04 Å². The highest BCUT2D eigenvalue weighted by Gasteiger charge is 2.23. The molecule has 100 valence electrons. The summed E-state index contributed by atoms with van der Waals surface area (Å²) in [6, 6.07) is 6.66. The number of hydrogen-bond donors (Lipinski definition) is 0. The summed E-state index contributed by atoms with van der Waals surface area (Å²) < 4.78 is 1.93. The lowest BCUT2D eigenvalue weighted by atomic mass is 10.0. The zero-order valence-electron chi connectivity index (χ0n) is 11.0. The Bertz CT molecular complexity index is 482. The molecule has 19 heavy (non-hydrogen) atoms. The van der Waals surface area contributed by atoms with Crippen molar-refractivity contribution in [2.45, 2.75) is 38.4 Å². The van der Waals surface area contributed by atoms with Gasteiger partial charge in [0.25, 0.3) is 0 Å². The summed E-state index contributed by atoms with van der Waals surface area (Å²) in [5.74, 6) is 0. The van der Waals surface area contributed by atoms with E-state index >= 15 is 0 Å². The number of piperidine rings is 1. The van der Waals surface area contributed by atoms with Gasteiger partial charge in [0.05, 0.1) is 12.2 Å². The van der Waals surface area contributed by atoms with Crippen LogP contribution in [0.4, 0.5) is 0 Å². The fraction of sp³-hybridized carbons (Fsp3) is 0.500. The predicted molar refractivity (Wildman–Crippen MR) is 72.3 cm³/mol. The lowest BCUT2D eigenvalue weighted by Gasteiger charge is -2.35. The Morgan fingerprint density at radius 2 is 2.26 bits per heavy atom. The number of nitrogens with zero attached hydrogens (tertiary/aromatic N) is 5. The van der Waals surface area contributed by atoms with Crippen LogP contribution in [0.15, 0.2) is 37.1 Å². The van der Waals surface area contributed by atoms with Crippen LogP contribution in [0.25, 0.3) is 0 Å². The Morgan fingerprint density at radius 1 is 1.26 bits per heavy atom. The maximum Gasteiger partial charge on any atom is 0.137 e. The van der Waals surface area contributed by atoms with Crippen LogP contribution in [-0.2, 0) is 13.1 Å². The maximum absolute atomic E-state index is 4.43. The summed E-state index contributed by atoms with van der Waals surface area (Å²) in [7, 11) is 0. The third-order valence-electron chi connectivity index (χ3n) is 3.70. The van der Waals surface area contributed by atoms with E-state index in [4.69, 9.17) is 0 Å². The lowest BCUT2D eigenvalue weighted by molar-refractivity contribution is 0.120. The minimum absolute atomic E-state index is 0.539. The second-order valence-corrected chi connectivity index (χ2v) is 5.06. The van der Waals surface area contributed by atoms with Gasteiger partial charge >= 0.3 is 0 Å². The summed E-state index contributed by atoms with van der Waals surface area (Å²) >= 11 is 0. The Hall–Kier alpha value is -1.75. The van der Waals surface area contributed by atoms with Gasteiger partial charge < -0.3 is 0 Å². The van der Waals surface area contributed by atoms with Gasteiger partial charge in [-0.2, -0.15) is 5.10 Å². The monoisotopic (exact) mass is 257 g/mol. The molecular formula is C14H19N5. The van der Waals surface area contributed by atoms with Gasteiger partial charge in [0.1, 0.15) is 12.7 Å². The maximum atomic E-state index is 4.43. The van der Waals surface area contributed by atoms with Crippen LogP contribution in [0.5, 0.6) is 0 Å². The summed E-state index contributed by atoms with van der Waals surface area (Å²) in [6.07, 6.45) is 9.08.